The van der Waals surface area contributed by atoms with Crippen LogP contribution in [-0.2, 0) is 12.8 Å². The highest BCUT2D eigenvalue weighted by Gasteiger charge is 2.07. The SMILES string of the molecule is C=Cn1c(CC)nc(CC)c1C. The van der Waals surface area contributed by atoms with Crippen LogP contribution in [0.4, 0.5) is 0 Å². The van der Waals surface area contributed by atoms with Crippen LogP contribution in [0.2, 0.25) is 0 Å². The van der Waals surface area contributed by atoms with E-state index in [1.807, 2.05) is 6.20 Å². The van der Waals surface area contributed by atoms with Crippen LogP contribution < -0.4 is 0 Å². The first kappa shape index (κ1) is 9.04. The van der Waals surface area contributed by atoms with Crippen molar-refractivity contribution in [3.63, 3.8) is 0 Å². The zero-order chi connectivity index (χ0) is 9.14. The van der Waals surface area contributed by atoms with Gasteiger partial charge in [-0.3, -0.25) is 0 Å². The Labute approximate surface area is 73.9 Å². The molecule has 0 aliphatic heterocycles. The molecule has 0 bridgehead atoms. The Hall–Kier alpha value is -1.05. The fraction of sp³-hybridized carbons (Fsp3) is 0.500. The molecule has 2 heteroatoms. The third kappa shape index (κ3) is 1.29. The average Bonchev–Trinajstić information content (AvgIpc) is 2.41. The number of hydrogen-bond donors (Lipinski definition) is 0. The number of aromatic nitrogens is 2. The molecular formula is C10H16N2. The van der Waals surface area contributed by atoms with Crippen LogP contribution in [0.15, 0.2) is 6.58 Å². The summed E-state index contributed by atoms with van der Waals surface area (Å²) in [5.41, 5.74) is 2.41. The predicted molar refractivity (Wildman–Crippen MR) is 52.1 cm³/mol. The van der Waals surface area contributed by atoms with E-state index in [0.717, 1.165) is 18.7 Å². The third-order valence-corrected chi connectivity index (χ3v) is 2.15. The lowest BCUT2D eigenvalue weighted by atomic mass is 10.3. The van der Waals surface area contributed by atoms with Crippen molar-refractivity contribution in [1.82, 2.24) is 9.55 Å². The van der Waals surface area contributed by atoms with Gasteiger partial charge in [0.2, 0.25) is 0 Å². The minimum Gasteiger partial charge on any atom is -0.308 e. The summed E-state index contributed by atoms with van der Waals surface area (Å²) < 4.78 is 2.07. The highest BCUT2D eigenvalue weighted by Crippen LogP contribution is 2.12. The summed E-state index contributed by atoms with van der Waals surface area (Å²) >= 11 is 0. The highest BCUT2D eigenvalue weighted by molar-refractivity contribution is 5.29. The van der Waals surface area contributed by atoms with Gasteiger partial charge in [-0.15, -0.1) is 0 Å². The molecule has 1 aromatic heterocycles. The number of hydrogen-bond acceptors (Lipinski definition) is 1. The van der Waals surface area contributed by atoms with Gasteiger partial charge in [0.1, 0.15) is 5.82 Å². The van der Waals surface area contributed by atoms with Gasteiger partial charge in [0, 0.05) is 18.3 Å². The second-order valence-corrected chi connectivity index (χ2v) is 2.82. The maximum atomic E-state index is 4.51. The maximum Gasteiger partial charge on any atom is 0.112 e. The molecule has 0 N–H and O–H groups in total. The monoisotopic (exact) mass is 164 g/mol. The van der Waals surface area contributed by atoms with Gasteiger partial charge in [-0.25, -0.2) is 4.98 Å². The van der Waals surface area contributed by atoms with Gasteiger partial charge >= 0.3 is 0 Å². The van der Waals surface area contributed by atoms with E-state index >= 15 is 0 Å². The van der Waals surface area contributed by atoms with Gasteiger partial charge in [-0.1, -0.05) is 20.4 Å². The first-order valence-electron chi connectivity index (χ1n) is 4.43. The van der Waals surface area contributed by atoms with Crippen LogP contribution in [-0.4, -0.2) is 9.55 Å². The van der Waals surface area contributed by atoms with Gasteiger partial charge < -0.3 is 4.57 Å². The summed E-state index contributed by atoms with van der Waals surface area (Å²) in [4.78, 5) is 4.51. The first-order chi connectivity index (χ1) is 5.74. The van der Waals surface area contributed by atoms with Crippen LogP contribution in [0, 0.1) is 6.92 Å². The molecule has 0 saturated heterocycles. The Kier molecular flexibility index (Phi) is 2.69. The van der Waals surface area contributed by atoms with Crippen molar-refractivity contribution < 1.29 is 0 Å². The number of aryl methyl sites for hydroxylation is 2. The Balaban J connectivity index is 3.22. The highest BCUT2D eigenvalue weighted by atomic mass is 15.1. The molecular weight excluding hydrogens is 148 g/mol. The molecule has 0 saturated carbocycles. The molecule has 0 spiro atoms. The Morgan fingerprint density at radius 1 is 1.42 bits per heavy atom. The van der Waals surface area contributed by atoms with Gasteiger partial charge in [0.15, 0.2) is 0 Å². The number of rotatable bonds is 3. The standard InChI is InChI=1S/C10H16N2/c1-5-9-8(4)12(7-3)10(6-2)11-9/h7H,3,5-6H2,1-2,4H3. The molecule has 0 aliphatic carbocycles. The fourth-order valence-corrected chi connectivity index (χ4v) is 1.45. The first-order valence-corrected chi connectivity index (χ1v) is 4.43. The van der Waals surface area contributed by atoms with Gasteiger partial charge in [0.05, 0.1) is 5.69 Å². The van der Waals surface area contributed by atoms with Crippen molar-refractivity contribution in [3.05, 3.63) is 23.8 Å². The molecule has 0 fully saturated rings. The van der Waals surface area contributed by atoms with Crippen molar-refractivity contribution in [2.45, 2.75) is 33.6 Å². The lowest BCUT2D eigenvalue weighted by Gasteiger charge is -2.00. The Bertz CT molecular complexity index is 284. The lowest BCUT2D eigenvalue weighted by Crippen LogP contribution is -1.95. The fourth-order valence-electron chi connectivity index (χ4n) is 1.45. The van der Waals surface area contributed by atoms with Gasteiger partial charge in [-0.05, 0) is 13.3 Å². The van der Waals surface area contributed by atoms with Crippen molar-refractivity contribution in [1.29, 1.82) is 0 Å². The molecule has 66 valence electrons. The molecule has 0 amide bonds. The summed E-state index contributed by atoms with van der Waals surface area (Å²) in [7, 11) is 0. The van der Waals surface area contributed by atoms with Gasteiger partial charge in [-0.2, -0.15) is 0 Å². The Morgan fingerprint density at radius 3 is 2.42 bits per heavy atom. The maximum absolute atomic E-state index is 4.51. The molecule has 0 unspecified atom stereocenters. The lowest BCUT2D eigenvalue weighted by molar-refractivity contribution is 0.906. The van der Waals surface area contributed by atoms with E-state index in [2.05, 4.69) is 36.9 Å². The quantitative estimate of drug-likeness (QED) is 0.670. The second-order valence-electron chi connectivity index (χ2n) is 2.82. The molecule has 0 aromatic carbocycles. The topological polar surface area (TPSA) is 17.8 Å². The van der Waals surface area contributed by atoms with Crippen molar-refractivity contribution >= 4 is 6.20 Å². The summed E-state index contributed by atoms with van der Waals surface area (Å²) in [5.74, 6) is 1.11. The zero-order valence-electron chi connectivity index (χ0n) is 8.09. The van der Waals surface area contributed by atoms with E-state index in [9.17, 15) is 0 Å². The molecule has 0 radical (unpaired) electrons. The third-order valence-electron chi connectivity index (χ3n) is 2.15. The van der Waals surface area contributed by atoms with Crippen LogP contribution in [0.5, 0.6) is 0 Å². The second kappa shape index (κ2) is 3.57. The van der Waals surface area contributed by atoms with E-state index in [1.165, 1.54) is 11.4 Å². The molecule has 0 atom stereocenters. The molecule has 1 heterocycles. The van der Waals surface area contributed by atoms with Crippen LogP contribution in [0.25, 0.3) is 6.20 Å². The molecule has 0 aliphatic rings. The molecule has 1 rings (SSSR count). The van der Waals surface area contributed by atoms with E-state index in [4.69, 9.17) is 0 Å². The predicted octanol–water partition coefficient (Wildman–Crippen LogP) is 2.42. The summed E-state index contributed by atoms with van der Waals surface area (Å²) in [6.07, 6.45) is 3.80. The smallest absolute Gasteiger partial charge is 0.112 e. The van der Waals surface area contributed by atoms with Crippen molar-refractivity contribution in [2.75, 3.05) is 0 Å². The van der Waals surface area contributed by atoms with Crippen LogP contribution in [0.1, 0.15) is 31.1 Å². The van der Waals surface area contributed by atoms with E-state index in [1.54, 1.807) is 0 Å². The minimum absolute atomic E-state index is 0.965. The van der Waals surface area contributed by atoms with E-state index < -0.39 is 0 Å². The largest absolute Gasteiger partial charge is 0.308 e. The Morgan fingerprint density at radius 2 is 2.08 bits per heavy atom. The van der Waals surface area contributed by atoms with Gasteiger partial charge in [0.25, 0.3) is 0 Å². The van der Waals surface area contributed by atoms with Crippen LogP contribution in [0.3, 0.4) is 0 Å². The average molecular weight is 164 g/mol. The summed E-state index contributed by atoms with van der Waals surface area (Å²) in [6, 6.07) is 0. The molecule has 12 heavy (non-hydrogen) atoms. The van der Waals surface area contributed by atoms with Crippen LogP contribution >= 0.6 is 0 Å². The van der Waals surface area contributed by atoms with E-state index in [-0.39, 0.29) is 0 Å². The normalized spacial score (nSPS) is 10.2. The number of imidazole rings is 1. The zero-order valence-corrected chi connectivity index (χ0v) is 8.09. The van der Waals surface area contributed by atoms with Crippen molar-refractivity contribution in [2.24, 2.45) is 0 Å². The minimum atomic E-state index is 0.965. The van der Waals surface area contributed by atoms with E-state index in [0.29, 0.717) is 0 Å². The summed E-state index contributed by atoms with van der Waals surface area (Å²) in [5, 5.41) is 0. The molecule has 1 aromatic rings. The molecule has 2 nitrogen and oxygen atoms in total. The summed E-state index contributed by atoms with van der Waals surface area (Å²) in [6.45, 7) is 10.1. The van der Waals surface area contributed by atoms with Crippen molar-refractivity contribution in [3.8, 4) is 0 Å². The number of nitrogens with zero attached hydrogens (tertiary/aromatic N) is 2.